The summed E-state index contributed by atoms with van der Waals surface area (Å²) in [6, 6.07) is 4.10. The zero-order valence-corrected chi connectivity index (χ0v) is 12.0. The summed E-state index contributed by atoms with van der Waals surface area (Å²) < 4.78 is 27.5. The molecule has 1 fully saturated rings. The van der Waals surface area contributed by atoms with Crippen molar-refractivity contribution in [1.82, 2.24) is 10.2 Å². The highest BCUT2D eigenvalue weighted by molar-refractivity contribution is 5.79. The van der Waals surface area contributed by atoms with E-state index in [0.29, 0.717) is 13.1 Å². The van der Waals surface area contributed by atoms with Crippen molar-refractivity contribution >= 4 is 11.6 Å². The fraction of sp³-hybridized carbons (Fsp3) is 0.500. The van der Waals surface area contributed by atoms with Gasteiger partial charge in [-0.2, -0.15) is 0 Å². The maximum absolute atomic E-state index is 13.8. The van der Waals surface area contributed by atoms with Crippen LogP contribution in [-0.2, 0) is 0 Å². The highest BCUT2D eigenvalue weighted by Crippen LogP contribution is 2.26. The molecule has 1 aliphatic rings. The standard InChI is InChI=1S/C14H20F2N4/c1-17-14(19(2)3)18-10-7-8-20(9-10)13-11(15)5-4-6-12(13)16/h4-6,10H,7-9H2,1-3H3,(H,17,18). The zero-order chi connectivity index (χ0) is 14.7. The summed E-state index contributed by atoms with van der Waals surface area (Å²) in [4.78, 5) is 7.77. The van der Waals surface area contributed by atoms with Crippen LogP contribution in [0.3, 0.4) is 0 Å². The molecule has 1 aliphatic heterocycles. The maximum Gasteiger partial charge on any atom is 0.193 e. The topological polar surface area (TPSA) is 30.9 Å². The first-order valence-electron chi connectivity index (χ1n) is 6.62. The molecule has 2 rings (SSSR count). The minimum absolute atomic E-state index is 0.0663. The molecule has 1 N–H and O–H groups in total. The molecule has 0 radical (unpaired) electrons. The minimum atomic E-state index is -0.511. The van der Waals surface area contributed by atoms with E-state index in [1.165, 1.54) is 18.2 Å². The van der Waals surface area contributed by atoms with Gasteiger partial charge >= 0.3 is 0 Å². The number of rotatable bonds is 2. The van der Waals surface area contributed by atoms with Crippen LogP contribution in [0, 0.1) is 11.6 Å². The quantitative estimate of drug-likeness (QED) is 0.661. The SMILES string of the molecule is CN=C(NC1CCN(c2c(F)cccc2F)C1)N(C)C. The maximum atomic E-state index is 13.8. The first kappa shape index (κ1) is 14.6. The van der Waals surface area contributed by atoms with Crippen molar-refractivity contribution in [3.8, 4) is 0 Å². The van der Waals surface area contributed by atoms with Gasteiger partial charge in [-0.05, 0) is 18.6 Å². The summed E-state index contributed by atoms with van der Waals surface area (Å²) in [5.41, 5.74) is 0.0663. The Labute approximate surface area is 118 Å². The number of hydrogen-bond acceptors (Lipinski definition) is 2. The van der Waals surface area contributed by atoms with Crippen molar-refractivity contribution < 1.29 is 8.78 Å². The fourth-order valence-corrected chi connectivity index (χ4v) is 2.45. The van der Waals surface area contributed by atoms with Gasteiger partial charge in [0.05, 0.1) is 0 Å². The smallest absolute Gasteiger partial charge is 0.193 e. The van der Waals surface area contributed by atoms with Crippen molar-refractivity contribution in [3.63, 3.8) is 0 Å². The average Bonchev–Trinajstić information content (AvgIpc) is 2.83. The van der Waals surface area contributed by atoms with E-state index >= 15 is 0 Å². The second-order valence-corrected chi connectivity index (χ2v) is 5.09. The number of hydrogen-bond donors (Lipinski definition) is 1. The van der Waals surface area contributed by atoms with Gasteiger partial charge < -0.3 is 15.1 Å². The summed E-state index contributed by atoms with van der Waals surface area (Å²) >= 11 is 0. The number of anilines is 1. The molecular formula is C14H20F2N4. The molecule has 1 unspecified atom stereocenters. The number of benzene rings is 1. The van der Waals surface area contributed by atoms with E-state index in [2.05, 4.69) is 10.3 Å². The van der Waals surface area contributed by atoms with Crippen molar-refractivity contribution in [2.75, 3.05) is 39.1 Å². The van der Waals surface area contributed by atoms with Crippen LogP contribution in [0.25, 0.3) is 0 Å². The Bertz CT molecular complexity index is 482. The molecule has 4 nitrogen and oxygen atoms in total. The number of aliphatic imine (C=N–C) groups is 1. The fourth-order valence-electron chi connectivity index (χ4n) is 2.45. The predicted octanol–water partition coefficient (Wildman–Crippen LogP) is 1.68. The molecule has 1 saturated heterocycles. The molecule has 0 spiro atoms. The Balaban J connectivity index is 2.06. The second-order valence-electron chi connectivity index (χ2n) is 5.09. The normalized spacial score (nSPS) is 19.4. The lowest BCUT2D eigenvalue weighted by molar-refractivity contribution is 0.546. The summed E-state index contributed by atoms with van der Waals surface area (Å²) in [7, 11) is 5.52. The molecule has 1 aromatic carbocycles. The molecule has 0 aliphatic carbocycles. The van der Waals surface area contributed by atoms with Gasteiger partial charge in [-0.25, -0.2) is 8.78 Å². The molecule has 0 amide bonds. The highest BCUT2D eigenvalue weighted by atomic mass is 19.1. The Hall–Kier alpha value is -1.85. The van der Waals surface area contributed by atoms with Crippen LogP contribution in [0.1, 0.15) is 6.42 Å². The Morgan fingerprint density at radius 1 is 1.35 bits per heavy atom. The van der Waals surface area contributed by atoms with Gasteiger partial charge in [0.2, 0.25) is 0 Å². The summed E-state index contributed by atoms with van der Waals surface area (Å²) in [5, 5.41) is 3.29. The van der Waals surface area contributed by atoms with Gasteiger partial charge in [-0.15, -0.1) is 0 Å². The van der Waals surface area contributed by atoms with Crippen LogP contribution >= 0.6 is 0 Å². The lowest BCUT2D eigenvalue weighted by Crippen LogP contribution is -2.44. The Kier molecular flexibility index (Phi) is 4.42. The van der Waals surface area contributed by atoms with Crippen LogP contribution in [0.4, 0.5) is 14.5 Å². The minimum Gasteiger partial charge on any atom is -0.365 e. The summed E-state index contributed by atoms with van der Waals surface area (Å²) in [6.45, 7) is 1.19. The van der Waals surface area contributed by atoms with E-state index in [1.807, 2.05) is 19.0 Å². The lowest BCUT2D eigenvalue weighted by Gasteiger charge is -2.23. The number of halogens is 2. The van der Waals surface area contributed by atoms with Crippen LogP contribution in [0.2, 0.25) is 0 Å². The van der Waals surface area contributed by atoms with Crippen LogP contribution in [-0.4, -0.2) is 51.1 Å². The zero-order valence-electron chi connectivity index (χ0n) is 12.0. The van der Waals surface area contributed by atoms with Crippen molar-refractivity contribution in [2.45, 2.75) is 12.5 Å². The summed E-state index contributed by atoms with van der Waals surface area (Å²) in [5.74, 6) is -0.254. The van der Waals surface area contributed by atoms with E-state index in [9.17, 15) is 8.78 Å². The van der Waals surface area contributed by atoms with Crippen LogP contribution in [0.15, 0.2) is 23.2 Å². The summed E-state index contributed by atoms with van der Waals surface area (Å²) in [6.07, 6.45) is 0.820. The van der Waals surface area contributed by atoms with Gasteiger partial charge in [0, 0.05) is 40.3 Å². The molecule has 0 bridgehead atoms. The number of nitrogens with zero attached hydrogens (tertiary/aromatic N) is 3. The average molecular weight is 282 g/mol. The molecule has 1 heterocycles. The molecule has 1 aromatic rings. The molecule has 6 heteroatoms. The van der Waals surface area contributed by atoms with Gasteiger partial charge in [0.15, 0.2) is 5.96 Å². The lowest BCUT2D eigenvalue weighted by atomic mass is 10.2. The van der Waals surface area contributed by atoms with Gasteiger partial charge in [-0.3, -0.25) is 4.99 Å². The Morgan fingerprint density at radius 2 is 2.00 bits per heavy atom. The number of nitrogens with one attached hydrogen (secondary N) is 1. The predicted molar refractivity (Wildman–Crippen MR) is 77.2 cm³/mol. The van der Waals surface area contributed by atoms with Crippen LogP contribution in [0.5, 0.6) is 0 Å². The molecule has 0 aromatic heterocycles. The van der Waals surface area contributed by atoms with Crippen molar-refractivity contribution in [3.05, 3.63) is 29.8 Å². The van der Waals surface area contributed by atoms with Crippen LogP contribution < -0.4 is 10.2 Å². The van der Waals surface area contributed by atoms with E-state index in [0.717, 1.165) is 12.4 Å². The third-order valence-corrected chi connectivity index (χ3v) is 3.41. The first-order valence-corrected chi connectivity index (χ1v) is 6.62. The molecule has 1 atom stereocenters. The van der Waals surface area contributed by atoms with Gasteiger partial charge in [0.25, 0.3) is 0 Å². The van der Waals surface area contributed by atoms with Crippen molar-refractivity contribution in [1.29, 1.82) is 0 Å². The van der Waals surface area contributed by atoms with E-state index < -0.39 is 11.6 Å². The number of para-hydroxylation sites is 1. The van der Waals surface area contributed by atoms with Crippen molar-refractivity contribution in [2.24, 2.45) is 4.99 Å². The van der Waals surface area contributed by atoms with E-state index in [4.69, 9.17) is 0 Å². The third kappa shape index (κ3) is 3.00. The monoisotopic (exact) mass is 282 g/mol. The second kappa shape index (κ2) is 6.07. The first-order chi connectivity index (χ1) is 9.52. The Morgan fingerprint density at radius 3 is 2.55 bits per heavy atom. The molecule has 110 valence electrons. The number of guanidine groups is 1. The molecule has 0 saturated carbocycles. The third-order valence-electron chi connectivity index (χ3n) is 3.41. The van der Waals surface area contributed by atoms with Gasteiger partial charge in [0.1, 0.15) is 17.3 Å². The van der Waals surface area contributed by atoms with E-state index in [1.54, 1.807) is 11.9 Å². The highest BCUT2D eigenvalue weighted by Gasteiger charge is 2.27. The van der Waals surface area contributed by atoms with Gasteiger partial charge in [-0.1, -0.05) is 6.07 Å². The largest absolute Gasteiger partial charge is 0.365 e. The molecular weight excluding hydrogens is 262 g/mol. The van der Waals surface area contributed by atoms with E-state index in [-0.39, 0.29) is 11.7 Å². The molecule has 20 heavy (non-hydrogen) atoms.